The summed E-state index contributed by atoms with van der Waals surface area (Å²) in [7, 11) is 1.91. The molecule has 130 valence electrons. The first kappa shape index (κ1) is 16.5. The molecule has 1 atom stereocenters. The van der Waals surface area contributed by atoms with Gasteiger partial charge in [-0.05, 0) is 41.7 Å². The fourth-order valence-corrected chi connectivity index (χ4v) is 3.79. The van der Waals surface area contributed by atoms with Gasteiger partial charge in [0.05, 0.1) is 25.0 Å². The van der Waals surface area contributed by atoms with Crippen molar-refractivity contribution in [2.24, 2.45) is 12.1 Å². The molecular formula is C16H18IN7O. The van der Waals surface area contributed by atoms with Crippen LogP contribution in [0.2, 0.25) is 0 Å². The summed E-state index contributed by atoms with van der Waals surface area (Å²) in [6.07, 6.45) is 7.44. The maximum Gasteiger partial charge on any atom is 0.227 e. The number of aryl methyl sites for hydroxylation is 1. The fourth-order valence-electron chi connectivity index (χ4n) is 2.97. The van der Waals surface area contributed by atoms with Gasteiger partial charge in [-0.25, -0.2) is 9.97 Å². The smallest absolute Gasteiger partial charge is 0.227 e. The highest BCUT2D eigenvalue weighted by Crippen LogP contribution is 2.28. The number of ether oxygens (including phenoxy) is 1. The van der Waals surface area contributed by atoms with Crippen molar-refractivity contribution in [1.29, 1.82) is 0 Å². The quantitative estimate of drug-likeness (QED) is 0.553. The molecule has 0 unspecified atom stereocenters. The van der Waals surface area contributed by atoms with Crippen LogP contribution in [0.3, 0.4) is 0 Å². The van der Waals surface area contributed by atoms with E-state index in [1.807, 2.05) is 30.0 Å². The molecule has 0 aliphatic carbocycles. The maximum absolute atomic E-state index is 5.53. The number of nitrogens with zero attached hydrogens (tertiary/aromatic N) is 6. The van der Waals surface area contributed by atoms with E-state index in [1.165, 1.54) is 0 Å². The summed E-state index contributed by atoms with van der Waals surface area (Å²) >= 11 is 2.25. The van der Waals surface area contributed by atoms with Crippen molar-refractivity contribution in [2.75, 3.05) is 24.7 Å². The average Bonchev–Trinajstić information content (AvgIpc) is 2.77. The Balaban J connectivity index is 1.86. The lowest BCUT2D eigenvalue weighted by molar-refractivity contribution is 0.0981. The first-order valence-corrected chi connectivity index (χ1v) is 9.14. The van der Waals surface area contributed by atoms with E-state index in [-0.39, 0.29) is 6.04 Å². The molecule has 0 aromatic carbocycles. The van der Waals surface area contributed by atoms with Gasteiger partial charge in [-0.2, -0.15) is 10.2 Å². The van der Waals surface area contributed by atoms with Gasteiger partial charge in [0.25, 0.3) is 0 Å². The Bertz CT molecular complexity index is 902. The Kier molecular flexibility index (Phi) is 4.42. The number of hydrogen-bond donors (Lipinski definition) is 1. The van der Waals surface area contributed by atoms with E-state index in [4.69, 9.17) is 14.7 Å². The molecule has 4 rings (SSSR count). The Morgan fingerprint density at radius 2 is 2.20 bits per heavy atom. The second-order valence-corrected chi connectivity index (χ2v) is 6.98. The van der Waals surface area contributed by atoms with Crippen molar-refractivity contribution >= 4 is 51.5 Å². The summed E-state index contributed by atoms with van der Waals surface area (Å²) in [6, 6.07) is 0.241. The Morgan fingerprint density at radius 1 is 1.32 bits per heavy atom. The number of nitrogens with one attached hydrogen (secondary N) is 1. The van der Waals surface area contributed by atoms with Gasteiger partial charge in [0.1, 0.15) is 20.4 Å². The lowest BCUT2D eigenvalue weighted by Crippen LogP contribution is -2.44. The van der Waals surface area contributed by atoms with E-state index in [1.54, 1.807) is 6.21 Å². The predicted molar refractivity (Wildman–Crippen MR) is 105 cm³/mol. The zero-order valence-corrected chi connectivity index (χ0v) is 16.1. The second kappa shape index (κ2) is 6.71. The first-order chi connectivity index (χ1) is 12.1. The minimum atomic E-state index is 0.241. The lowest BCUT2D eigenvalue weighted by Gasteiger charge is -2.33. The monoisotopic (exact) mass is 451 g/mol. The van der Waals surface area contributed by atoms with Crippen LogP contribution in [-0.2, 0) is 11.8 Å². The van der Waals surface area contributed by atoms with Gasteiger partial charge in [0.2, 0.25) is 5.95 Å². The SMILES string of the molecule is C[C@@H]1COCCN1c1nc(I)c2c(n1)c(C1=CC=CC=NN1)nn2C. The number of aromatic nitrogens is 4. The van der Waals surface area contributed by atoms with Crippen LogP contribution in [-0.4, -0.2) is 51.8 Å². The van der Waals surface area contributed by atoms with Crippen molar-refractivity contribution in [3.63, 3.8) is 0 Å². The number of fused-ring (bicyclic) bond motifs is 1. The van der Waals surface area contributed by atoms with Gasteiger partial charge in [-0.3, -0.25) is 10.1 Å². The zero-order valence-electron chi connectivity index (χ0n) is 14.0. The van der Waals surface area contributed by atoms with Gasteiger partial charge in [0, 0.05) is 19.8 Å². The van der Waals surface area contributed by atoms with Crippen LogP contribution in [0.5, 0.6) is 0 Å². The Labute approximate surface area is 158 Å². The summed E-state index contributed by atoms with van der Waals surface area (Å²) < 4.78 is 8.23. The molecule has 2 aliphatic heterocycles. The molecule has 2 aliphatic rings. The van der Waals surface area contributed by atoms with E-state index in [9.17, 15) is 0 Å². The molecule has 9 heteroatoms. The highest BCUT2D eigenvalue weighted by molar-refractivity contribution is 14.1. The topological polar surface area (TPSA) is 80.5 Å². The summed E-state index contributed by atoms with van der Waals surface area (Å²) in [5.41, 5.74) is 6.34. The van der Waals surface area contributed by atoms with Crippen molar-refractivity contribution in [3.05, 3.63) is 27.6 Å². The van der Waals surface area contributed by atoms with Crippen LogP contribution in [0.25, 0.3) is 16.7 Å². The molecule has 8 nitrogen and oxygen atoms in total. The van der Waals surface area contributed by atoms with Crippen molar-refractivity contribution in [3.8, 4) is 0 Å². The van der Waals surface area contributed by atoms with Gasteiger partial charge < -0.3 is 9.64 Å². The first-order valence-electron chi connectivity index (χ1n) is 8.06. The largest absolute Gasteiger partial charge is 0.377 e. The predicted octanol–water partition coefficient (Wildman–Crippen LogP) is 1.68. The molecule has 1 fully saturated rings. The van der Waals surface area contributed by atoms with Crippen LogP contribution < -0.4 is 10.3 Å². The standard InChI is InChI=1S/C16H18IN7O/c1-10-9-25-8-7-24(10)16-19-13-12(11-5-3-4-6-18-21-11)22-23(2)14(13)15(17)20-16/h3-6,10,21H,7-9H2,1-2H3/t10-/m1/s1. The summed E-state index contributed by atoms with van der Waals surface area (Å²) in [6.45, 7) is 4.28. The van der Waals surface area contributed by atoms with Gasteiger partial charge in [-0.1, -0.05) is 6.08 Å². The normalized spacial score (nSPS) is 20.5. The minimum Gasteiger partial charge on any atom is -0.377 e. The van der Waals surface area contributed by atoms with Crippen molar-refractivity contribution in [1.82, 2.24) is 25.2 Å². The molecule has 0 bridgehead atoms. The molecule has 0 saturated carbocycles. The van der Waals surface area contributed by atoms with Crippen LogP contribution in [0.4, 0.5) is 5.95 Å². The third kappa shape index (κ3) is 3.01. The number of anilines is 1. The lowest BCUT2D eigenvalue weighted by atomic mass is 10.2. The molecule has 2 aromatic rings. The third-order valence-electron chi connectivity index (χ3n) is 4.23. The molecular weight excluding hydrogens is 433 g/mol. The number of hydrogen-bond acceptors (Lipinski definition) is 7. The van der Waals surface area contributed by atoms with E-state index >= 15 is 0 Å². The van der Waals surface area contributed by atoms with Crippen LogP contribution >= 0.6 is 22.6 Å². The van der Waals surface area contributed by atoms with Crippen LogP contribution in [0, 0.1) is 3.70 Å². The highest BCUT2D eigenvalue weighted by atomic mass is 127. The summed E-state index contributed by atoms with van der Waals surface area (Å²) in [5, 5.41) is 8.79. The number of morpholine rings is 1. The van der Waals surface area contributed by atoms with Gasteiger partial charge in [0.15, 0.2) is 0 Å². The second-order valence-electron chi connectivity index (χ2n) is 5.96. The molecule has 0 spiro atoms. The molecule has 1 N–H and O–H groups in total. The van der Waals surface area contributed by atoms with Gasteiger partial charge in [-0.15, -0.1) is 0 Å². The molecule has 0 amide bonds. The number of allylic oxidation sites excluding steroid dienone is 3. The third-order valence-corrected chi connectivity index (χ3v) is 4.98. The number of halogens is 1. The number of hydrazone groups is 1. The van der Waals surface area contributed by atoms with Crippen LogP contribution in [0.1, 0.15) is 12.6 Å². The van der Waals surface area contributed by atoms with E-state index in [2.05, 4.69) is 50.0 Å². The van der Waals surface area contributed by atoms with Crippen LogP contribution in [0.15, 0.2) is 23.3 Å². The molecule has 2 aromatic heterocycles. The van der Waals surface area contributed by atoms with E-state index in [0.29, 0.717) is 13.2 Å². The van der Waals surface area contributed by atoms with Gasteiger partial charge >= 0.3 is 0 Å². The fraction of sp³-hybridized carbons (Fsp3) is 0.375. The Hall–Kier alpha value is -2.01. The molecule has 4 heterocycles. The highest BCUT2D eigenvalue weighted by Gasteiger charge is 2.25. The average molecular weight is 451 g/mol. The summed E-state index contributed by atoms with van der Waals surface area (Å²) in [4.78, 5) is 11.8. The van der Waals surface area contributed by atoms with Crippen molar-refractivity contribution in [2.45, 2.75) is 13.0 Å². The summed E-state index contributed by atoms with van der Waals surface area (Å²) in [5.74, 6) is 0.718. The van der Waals surface area contributed by atoms with E-state index < -0.39 is 0 Å². The van der Waals surface area contributed by atoms with Crippen molar-refractivity contribution < 1.29 is 4.74 Å². The number of rotatable bonds is 2. The minimum absolute atomic E-state index is 0.241. The Morgan fingerprint density at radius 3 is 3.04 bits per heavy atom. The maximum atomic E-state index is 5.53. The zero-order chi connectivity index (χ0) is 17.4. The molecule has 25 heavy (non-hydrogen) atoms. The molecule has 1 saturated heterocycles. The molecule has 0 radical (unpaired) electrons. The van der Waals surface area contributed by atoms with E-state index in [0.717, 1.165) is 38.6 Å².